The summed E-state index contributed by atoms with van der Waals surface area (Å²) in [6, 6.07) is 64.4. The highest BCUT2D eigenvalue weighted by atomic mass is 35.5. The van der Waals surface area contributed by atoms with Crippen LogP contribution in [0.1, 0.15) is 153 Å². The molecule has 0 heterocycles. The predicted octanol–water partition coefficient (Wildman–Crippen LogP) is 35.6. The topological polar surface area (TPSA) is 358 Å². The first-order valence-corrected chi connectivity index (χ1v) is 60.6. The summed E-state index contributed by atoms with van der Waals surface area (Å²) in [5.41, 5.74) is 0. The molecule has 0 saturated carbocycles. The van der Waals surface area contributed by atoms with Crippen LogP contribution in [0.3, 0.4) is 0 Å². The zero-order valence-electron chi connectivity index (χ0n) is 86.9. The quantitative estimate of drug-likeness (QED) is 0.0194. The maximum absolute atomic E-state index is 12.6. The lowest BCUT2D eigenvalue weighted by Crippen LogP contribution is -2.08. The molecule has 0 N–H and O–H groups in total. The van der Waals surface area contributed by atoms with Crippen LogP contribution >= 0.6 is 97.4 Å². The van der Waals surface area contributed by atoms with Crippen molar-refractivity contribution in [3.05, 3.63) is 341 Å². The highest BCUT2D eigenvalue weighted by molar-refractivity contribution is 7.51. The molecule has 8 unspecified atom stereocenters. The van der Waals surface area contributed by atoms with Crippen LogP contribution in [-0.4, -0.2) is 105 Å². The molecule has 0 aliphatic rings. The lowest BCUT2D eigenvalue weighted by atomic mass is 10.2. The standard InChI is InChI=1S/2C14H20ClO4P.2C14H21O4P.C13H18ClO4P.C13H19O4P.C12H17O4P.C11H15O4P/c1-4-5-10-17-20(16,18-11-12(2)3)19-14-9-7-6-8-13(14)15;1-3-5-11-17-20(16,18-12-6-4-2)19-14-10-8-7-9-13(14)15;1-4-5-11-16-19(15,17-12-13(2)3)18-14-9-7-6-8-10-14;1-3-5-12-16-19(15,17-13-6-4-2)18-14-10-8-7-9-11-14;1-4-5-10-16-19(15,17-11(2)3)18-13-9-7-6-8-12(13)14;1-4-5-11-15-18(14,16-12(2)3)17-13-9-7-6-8-10-13;1-3-5-11-15-17(13,14-4-2)16-12-9-7-6-8-10-12;1-3-4-10-14-16(12,13-2)15-11-8-6-5-7-9-11/h4,6-9,12H,1,5,10-11H2,2-3H3;3,7-10H,1,4-6,11-12H2,2H3;4,6-10,13H,1,5,11-12H2,2-3H3;3,7-11H,1,4-6,12-13H2,2H3;4,6-9,11H,1,5,10H2,2-3H3;4,6-10,12H,1,5,11H2,2-3H3;3,6-10H,1,4-5,11H2,2H3;3,5-9H,1,4,10H2,2H3. The SMILES string of the molecule is C=CCCOP(=O)(OC)Oc1ccccc1.C=CCCOP(=O)(OCC(C)C)Oc1ccccc1.C=CCCOP(=O)(OCC(C)C)Oc1ccccc1Cl.C=CCCOP(=O)(OCC)Oc1ccccc1.C=CCCOP(=O)(OCCCC)Oc1ccccc1.C=CCCOP(=O)(OCCCC)Oc1ccccc1Cl.C=CCCOP(=O)(Oc1ccccc1)OC(C)C.C=CCCOP(=O)(Oc1ccccc1Cl)OC(C)C. The van der Waals surface area contributed by atoms with E-state index >= 15 is 0 Å². The summed E-state index contributed by atoms with van der Waals surface area (Å²) in [6.07, 6.45) is 21.0. The van der Waals surface area contributed by atoms with Gasteiger partial charge in [-0.15, -0.1) is 52.6 Å². The molecule has 824 valence electrons. The number of hydrogen-bond donors (Lipinski definition) is 0. The number of phosphoric ester groups is 8. The summed E-state index contributed by atoms with van der Waals surface area (Å²) in [6.45, 7) is 52.7. The third-order valence-corrected chi connectivity index (χ3v) is 29.0. The van der Waals surface area contributed by atoms with Crippen molar-refractivity contribution in [1.82, 2.24) is 0 Å². The van der Waals surface area contributed by atoms with Gasteiger partial charge < -0.3 is 36.2 Å². The maximum Gasteiger partial charge on any atom is 0.530 e. The van der Waals surface area contributed by atoms with Crippen LogP contribution in [0, 0.1) is 11.8 Å². The van der Waals surface area contributed by atoms with E-state index in [1.54, 1.807) is 277 Å². The van der Waals surface area contributed by atoms with Crippen molar-refractivity contribution in [2.75, 3.05) is 93.0 Å². The van der Waals surface area contributed by atoms with E-state index in [9.17, 15) is 36.5 Å². The van der Waals surface area contributed by atoms with Gasteiger partial charge in [0.1, 0.15) is 46.0 Å². The normalized spacial score (nSPS) is 14.0. The fourth-order valence-corrected chi connectivity index (χ4v) is 20.3. The summed E-state index contributed by atoms with van der Waals surface area (Å²) in [5, 5.41) is 1.06. The second-order valence-electron chi connectivity index (χ2n) is 31.1. The molecule has 0 amide bonds. The number of phosphoric acid groups is 8. The molecule has 8 atom stereocenters. The van der Waals surface area contributed by atoms with Gasteiger partial charge in [-0.2, -0.15) is 0 Å². The highest BCUT2D eigenvalue weighted by Crippen LogP contribution is 2.57. The molecule has 0 aliphatic heterocycles. The van der Waals surface area contributed by atoms with Crippen molar-refractivity contribution >= 4 is 97.4 Å². The van der Waals surface area contributed by atoms with Gasteiger partial charge in [0.2, 0.25) is 0 Å². The fraction of sp³-hybridized carbons (Fsp3) is 0.390. The van der Waals surface area contributed by atoms with Crippen molar-refractivity contribution < 1.29 is 145 Å². The van der Waals surface area contributed by atoms with Gasteiger partial charge in [-0.05, 0) is 208 Å². The Hall–Kier alpha value is -7.85. The molecule has 32 nitrogen and oxygen atoms in total. The van der Waals surface area contributed by atoms with Gasteiger partial charge in [0.25, 0.3) is 0 Å². The van der Waals surface area contributed by atoms with Crippen LogP contribution in [-0.2, 0) is 109 Å². The average Bonchev–Trinajstić information content (AvgIpc) is 0.849. The third-order valence-electron chi connectivity index (χ3n) is 16.3. The predicted molar refractivity (Wildman–Crippen MR) is 593 cm³/mol. The van der Waals surface area contributed by atoms with E-state index in [-0.39, 0.29) is 107 Å². The van der Waals surface area contributed by atoms with Crippen molar-refractivity contribution in [2.45, 2.75) is 165 Å². The van der Waals surface area contributed by atoms with Gasteiger partial charge >= 0.3 is 62.6 Å². The first-order chi connectivity index (χ1) is 70.8. The smallest absolute Gasteiger partial charge is 0.404 e. The van der Waals surface area contributed by atoms with E-state index < -0.39 is 62.6 Å². The number of halogens is 3. The molecular weight excluding hydrogens is 2130 g/mol. The molecule has 8 aromatic carbocycles. The van der Waals surface area contributed by atoms with Crippen LogP contribution in [0.15, 0.2) is 326 Å². The maximum atomic E-state index is 12.6. The van der Waals surface area contributed by atoms with Gasteiger partial charge in [-0.3, -0.25) is 72.4 Å². The zero-order chi connectivity index (χ0) is 110. The molecule has 0 fully saturated rings. The Labute approximate surface area is 893 Å². The molecule has 43 heteroatoms. The van der Waals surface area contributed by atoms with Crippen molar-refractivity contribution in [1.29, 1.82) is 0 Å². The Morgan fingerprint density at radius 3 is 0.662 bits per heavy atom. The largest absolute Gasteiger partial charge is 0.530 e. The van der Waals surface area contributed by atoms with Gasteiger partial charge in [-0.25, -0.2) is 36.5 Å². The van der Waals surface area contributed by atoms with E-state index in [2.05, 4.69) is 52.6 Å². The van der Waals surface area contributed by atoms with Crippen molar-refractivity contribution in [3.63, 3.8) is 0 Å². The number of rotatable bonds is 69. The van der Waals surface area contributed by atoms with Crippen LogP contribution < -0.4 is 36.2 Å². The molecule has 8 aromatic rings. The molecule has 0 aromatic heterocycles. The molecule has 0 bridgehead atoms. The summed E-state index contributed by atoms with van der Waals surface area (Å²) >= 11 is 17.9. The summed E-state index contributed by atoms with van der Waals surface area (Å²) < 4.78 is 225. The van der Waals surface area contributed by atoms with Gasteiger partial charge in [0.15, 0.2) is 0 Å². The van der Waals surface area contributed by atoms with Gasteiger partial charge in [0.05, 0.1) is 113 Å². The summed E-state index contributed by atoms with van der Waals surface area (Å²) in [4.78, 5) is 0. The van der Waals surface area contributed by atoms with Crippen molar-refractivity contribution in [3.8, 4) is 46.0 Å². The molecular formula is C105H151Cl3O32P8. The van der Waals surface area contributed by atoms with E-state index in [0.29, 0.717) is 115 Å². The second kappa shape index (κ2) is 82.7. The second-order valence-corrected chi connectivity index (χ2v) is 45.1. The minimum Gasteiger partial charge on any atom is -0.404 e. The van der Waals surface area contributed by atoms with E-state index in [4.69, 9.17) is 143 Å². The highest BCUT2D eigenvalue weighted by Gasteiger charge is 2.36. The van der Waals surface area contributed by atoms with Gasteiger partial charge in [-0.1, -0.05) is 265 Å². The summed E-state index contributed by atoms with van der Waals surface area (Å²) in [7, 11) is -27.5. The molecule has 0 saturated heterocycles. The Morgan fingerprint density at radius 2 is 0.432 bits per heavy atom. The first kappa shape index (κ1) is 138. The van der Waals surface area contributed by atoms with Gasteiger partial charge in [0, 0.05) is 7.11 Å². The van der Waals surface area contributed by atoms with Crippen LogP contribution in [0.2, 0.25) is 15.1 Å². The Kier molecular flexibility index (Phi) is 77.2. The molecule has 0 radical (unpaired) electrons. The van der Waals surface area contributed by atoms with Crippen molar-refractivity contribution in [2.24, 2.45) is 11.8 Å². The van der Waals surface area contributed by atoms with Crippen LogP contribution in [0.5, 0.6) is 46.0 Å². The van der Waals surface area contributed by atoms with E-state index in [1.807, 2.05) is 71.9 Å². The van der Waals surface area contributed by atoms with Crippen LogP contribution in [0.4, 0.5) is 0 Å². The Balaban J connectivity index is 0.000000846. The molecule has 0 spiro atoms. The third kappa shape index (κ3) is 68.9. The minimum atomic E-state index is -3.69. The Morgan fingerprint density at radius 1 is 0.243 bits per heavy atom. The molecule has 8 rings (SSSR count). The zero-order valence-corrected chi connectivity index (χ0v) is 96.3. The number of hydrogen-bond acceptors (Lipinski definition) is 32. The average molecular weight is 2280 g/mol. The minimum absolute atomic E-state index is 0.206. The molecule has 0 aliphatic carbocycles. The number of para-hydroxylation sites is 8. The van der Waals surface area contributed by atoms with E-state index in [1.165, 1.54) is 7.11 Å². The molecule has 148 heavy (non-hydrogen) atoms. The fourth-order valence-electron chi connectivity index (χ4n) is 9.47. The lowest BCUT2D eigenvalue weighted by Gasteiger charge is -2.20. The first-order valence-electron chi connectivity index (χ1n) is 47.8. The van der Waals surface area contributed by atoms with Crippen LogP contribution in [0.25, 0.3) is 0 Å². The lowest BCUT2D eigenvalue weighted by molar-refractivity contribution is 0.126. The summed E-state index contributed by atoms with van der Waals surface area (Å²) in [5.74, 6) is 3.60. The monoisotopic (exact) mass is 2280 g/mol. The number of benzene rings is 8. The van der Waals surface area contributed by atoms with E-state index in [0.717, 1.165) is 25.7 Å². The number of unbranched alkanes of at least 4 members (excludes halogenated alkanes) is 2. The Bertz CT molecular complexity index is 5310.